The second kappa shape index (κ2) is 3.52. The topological polar surface area (TPSA) is 44.8 Å². The van der Waals surface area contributed by atoms with Crippen LogP contribution in [-0.2, 0) is 19.3 Å². The summed E-state index contributed by atoms with van der Waals surface area (Å²) in [7, 11) is 0. The Morgan fingerprint density at radius 1 is 0.938 bits per heavy atom. The zero-order valence-electron chi connectivity index (χ0n) is 10.5. The summed E-state index contributed by atoms with van der Waals surface area (Å²) >= 11 is 0. The van der Waals surface area contributed by atoms with Crippen LogP contribution in [0.2, 0.25) is 0 Å². The highest BCUT2D eigenvalue weighted by Gasteiger charge is 2.54. The molecule has 4 nitrogen and oxygen atoms in total. The fourth-order valence-corrected chi connectivity index (χ4v) is 1.98. The van der Waals surface area contributed by atoms with Crippen molar-refractivity contribution in [2.45, 2.75) is 70.4 Å². The molecular weight excluding hydrogens is 208 g/mol. The first-order valence-electron chi connectivity index (χ1n) is 5.85. The van der Waals surface area contributed by atoms with Gasteiger partial charge in [0.05, 0.1) is 5.60 Å². The lowest BCUT2D eigenvalue weighted by Crippen LogP contribution is -2.61. The summed E-state index contributed by atoms with van der Waals surface area (Å²) < 4.78 is 6.07. The number of carbonyl (C=O) groups excluding carboxylic acids is 1. The van der Waals surface area contributed by atoms with Crippen LogP contribution in [0.4, 0.5) is 0 Å². The molecule has 0 aromatic heterocycles. The van der Waals surface area contributed by atoms with Crippen molar-refractivity contribution in [2.75, 3.05) is 0 Å². The summed E-state index contributed by atoms with van der Waals surface area (Å²) in [4.78, 5) is 22.1. The van der Waals surface area contributed by atoms with Gasteiger partial charge in [-0.25, -0.2) is 9.78 Å². The standard InChI is InChI=1S/C12H20O4/c1-10(2)11(3,4)15-16-12(14-10)7-5-9(13)6-8-12/h5-8H2,1-4H3. The molecule has 0 aromatic carbocycles. The highest BCUT2D eigenvalue weighted by molar-refractivity contribution is 5.79. The van der Waals surface area contributed by atoms with Crippen molar-refractivity contribution in [1.29, 1.82) is 0 Å². The van der Waals surface area contributed by atoms with Crippen molar-refractivity contribution in [1.82, 2.24) is 0 Å². The van der Waals surface area contributed by atoms with Gasteiger partial charge in [0.1, 0.15) is 11.4 Å². The first-order chi connectivity index (χ1) is 7.27. The van der Waals surface area contributed by atoms with Gasteiger partial charge in [-0.3, -0.25) is 4.79 Å². The number of ketones is 1. The van der Waals surface area contributed by atoms with Crippen molar-refractivity contribution in [2.24, 2.45) is 0 Å². The number of rotatable bonds is 0. The van der Waals surface area contributed by atoms with Crippen LogP contribution in [0, 0.1) is 0 Å². The Morgan fingerprint density at radius 3 is 2.00 bits per heavy atom. The van der Waals surface area contributed by atoms with Crippen LogP contribution in [0.3, 0.4) is 0 Å². The molecule has 2 aliphatic rings. The van der Waals surface area contributed by atoms with Crippen LogP contribution in [0.5, 0.6) is 0 Å². The third kappa shape index (κ3) is 1.90. The Labute approximate surface area is 96.2 Å². The maximum absolute atomic E-state index is 11.2. The Kier molecular flexibility index (Phi) is 2.64. The smallest absolute Gasteiger partial charge is 0.203 e. The zero-order chi connectivity index (χ0) is 12.0. The Balaban J connectivity index is 2.13. The summed E-state index contributed by atoms with van der Waals surface area (Å²) in [6, 6.07) is 0. The van der Waals surface area contributed by atoms with Crippen LogP contribution >= 0.6 is 0 Å². The molecule has 1 spiro atoms. The van der Waals surface area contributed by atoms with E-state index in [1.807, 2.05) is 27.7 Å². The first kappa shape index (κ1) is 12.0. The molecule has 4 heteroatoms. The van der Waals surface area contributed by atoms with Gasteiger partial charge < -0.3 is 4.74 Å². The van der Waals surface area contributed by atoms with E-state index in [-0.39, 0.29) is 5.78 Å². The Morgan fingerprint density at radius 2 is 1.50 bits per heavy atom. The fourth-order valence-electron chi connectivity index (χ4n) is 1.98. The molecule has 0 aromatic rings. The normalized spacial score (nSPS) is 31.6. The summed E-state index contributed by atoms with van der Waals surface area (Å²) in [6.45, 7) is 7.86. The van der Waals surface area contributed by atoms with Crippen LogP contribution in [0.1, 0.15) is 53.4 Å². The third-order valence-electron chi connectivity index (χ3n) is 3.86. The largest absolute Gasteiger partial charge is 0.338 e. The summed E-state index contributed by atoms with van der Waals surface area (Å²) in [5.41, 5.74) is -0.911. The number of ether oxygens (including phenoxy) is 1. The fraction of sp³-hybridized carbons (Fsp3) is 0.917. The molecule has 1 aliphatic carbocycles. The predicted molar refractivity (Wildman–Crippen MR) is 57.6 cm³/mol. The number of hydrogen-bond donors (Lipinski definition) is 0. The lowest BCUT2D eigenvalue weighted by molar-refractivity contribution is -0.542. The van der Waals surface area contributed by atoms with Gasteiger partial charge in [-0.15, -0.1) is 0 Å². The van der Waals surface area contributed by atoms with Gasteiger partial charge in [0.2, 0.25) is 5.79 Å². The summed E-state index contributed by atoms with van der Waals surface area (Å²) in [6.07, 6.45) is 2.20. The predicted octanol–water partition coefficient (Wildman–Crippen LogP) is 2.36. The number of Topliss-reactive ketones (excluding diaryl/α,β-unsaturated/α-hetero) is 1. The van der Waals surface area contributed by atoms with Gasteiger partial charge >= 0.3 is 0 Å². The molecule has 0 N–H and O–H groups in total. The number of hydrogen-bond acceptors (Lipinski definition) is 4. The second-order valence-corrected chi connectivity index (χ2v) is 5.74. The van der Waals surface area contributed by atoms with E-state index in [0.717, 1.165) is 0 Å². The van der Waals surface area contributed by atoms with Gasteiger partial charge in [0.25, 0.3) is 0 Å². The summed E-state index contributed by atoms with van der Waals surface area (Å²) in [5.74, 6) is -0.437. The third-order valence-corrected chi connectivity index (χ3v) is 3.86. The molecule has 0 unspecified atom stereocenters. The molecule has 2 rings (SSSR count). The molecular formula is C12H20O4. The molecule has 0 radical (unpaired) electrons. The summed E-state index contributed by atoms with van der Waals surface area (Å²) in [5, 5.41) is 0. The van der Waals surface area contributed by atoms with Crippen LogP contribution in [0.15, 0.2) is 0 Å². The average molecular weight is 228 g/mol. The average Bonchev–Trinajstić information content (AvgIpc) is 2.18. The van der Waals surface area contributed by atoms with Crippen LogP contribution in [0.25, 0.3) is 0 Å². The van der Waals surface area contributed by atoms with Gasteiger partial charge in [0, 0.05) is 25.7 Å². The number of carbonyl (C=O) groups is 1. The molecule has 92 valence electrons. The van der Waals surface area contributed by atoms with E-state index >= 15 is 0 Å². The van der Waals surface area contributed by atoms with Crippen molar-refractivity contribution < 1.29 is 19.3 Å². The molecule has 1 heterocycles. The minimum Gasteiger partial charge on any atom is -0.338 e. The Bertz CT molecular complexity index is 296. The van der Waals surface area contributed by atoms with Gasteiger partial charge in [-0.05, 0) is 27.7 Å². The van der Waals surface area contributed by atoms with Gasteiger partial charge in [-0.2, -0.15) is 0 Å². The van der Waals surface area contributed by atoms with Crippen LogP contribution < -0.4 is 0 Å². The Hall–Kier alpha value is -0.450. The molecule has 0 bridgehead atoms. The molecule has 2 fully saturated rings. The first-order valence-corrected chi connectivity index (χ1v) is 5.85. The molecule has 1 saturated carbocycles. The molecule has 1 saturated heterocycles. The quantitative estimate of drug-likeness (QED) is 0.597. The monoisotopic (exact) mass is 228 g/mol. The highest BCUT2D eigenvalue weighted by atomic mass is 17.3. The maximum atomic E-state index is 11.2. The van der Waals surface area contributed by atoms with E-state index < -0.39 is 17.0 Å². The van der Waals surface area contributed by atoms with E-state index in [9.17, 15) is 4.79 Å². The lowest BCUT2D eigenvalue weighted by Gasteiger charge is -2.52. The van der Waals surface area contributed by atoms with E-state index in [4.69, 9.17) is 14.5 Å². The molecule has 0 amide bonds. The molecule has 0 atom stereocenters. The maximum Gasteiger partial charge on any atom is 0.203 e. The van der Waals surface area contributed by atoms with Crippen molar-refractivity contribution in [3.63, 3.8) is 0 Å². The van der Waals surface area contributed by atoms with Gasteiger partial charge in [0.15, 0.2) is 0 Å². The second-order valence-electron chi connectivity index (χ2n) is 5.74. The van der Waals surface area contributed by atoms with E-state index in [2.05, 4.69) is 0 Å². The molecule has 1 aliphatic heterocycles. The molecule has 16 heavy (non-hydrogen) atoms. The van der Waals surface area contributed by atoms with Crippen molar-refractivity contribution in [3.05, 3.63) is 0 Å². The zero-order valence-corrected chi connectivity index (χ0v) is 10.5. The minimum absolute atomic E-state index is 0.278. The van der Waals surface area contributed by atoms with Crippen molar-refractivity contribution >= 4 is 5.78 Å². The SMILES string of the molecule is CC1(C)OOC2(CCC(=O)CC2)OC1(C)C. The minimum atomic E-state index is -0.715. The van der Waals surface area contributed by atoms with E-state index in [0.29, 0.717) is 25.7 Å². The van der Waals surface area contributed by atoms with Crippen molar-refractivity contribution in [3.8, 4) is 0 Å². The lowest BCUT2D eigenvalue weighted by atomic mass is 9.86. The van der Waals surface area contributed by atoms with Gasteiger partial charge in [-0.1, -0.05) is 0 Å². The van der Waals surface area contributed by atoms with E-state index in [1.54, 1.807) is 0 Å². The van der Waals surface area contributed by atoms with E-state index in [1.165, 1.54) is 0 Å². The highest BCUT2D eigenvalue weighted by Crippen LogP contribution is 2.44. The van der Waals surface area contributed by atoms with Crippen LogP contribution in [-0.4, -0.2) is 22.8 Å².